The zero-order chi connectivity index (χ0) is 16.8. The maximum absolute atomic E-state index is 12.2. The van der Waals surface area contributed by atoms with E-state index in [-0.39, 0.29) is 17.9 Å². The number of hydrogen-bond acceptors (Lipinski definition) is 4. The third kappa shape index (κ3) is 4.29. The topological polar surface area (TPSA) is 62.3 Å². The smallest absolute Gasteiger partial charge is 0.252 e. The molecule has 5 nitrogen and oxygen atoms in total. The molecule has 1 saturated heterocycles. The summed E-state index contributed by atoms with van der Waals surface area (Å²) in [6.07, 6.45) is 8.36. The van der Waals surface area contributed by atoms with Gasteiger partial charge in [0, 0.05) is 48.5 Å². The van der Waals surface area contributed by atoms with E-state index in [9.17, 15) is 9.59 Å². The van der Waals surface area contributed by atoms with Crippen molar-refractivity contribution in [2.45, 2.75) is 18.9 Å². The van der Waals surface area contributed by atoms with E-state index in [1.54, 1.807) is 24.5 Å². The van der Waals surface area contributed by atoms with Crippen molar-refractivity contribution >= 4 is 29.2 Å². The van der Waals surface area contributed by atoms with Crippen LogP contribution in [0.5, 0.6) is 0 Å². The van der Waals surface area contributed by atoms with E-state index in [1.165, 1.54) is 11.3 Å². The van der Waals surface area contributed by atoms with E-state index < -0.39 is 0 Å². The number of amides is 2. The highest BCUT2D eigenvalue weighted by Crippen LogP contribution is 2.13. The zero-order valence-corrected chi connectivity index (χ0v) is 14.0. The molecule has 0 radical (unpaired) electrons. The molecule has 2 aromatic heterocycles. The zero-order valence-electron chi connectivity index (χ0n) is 13.2. The highest BCUT2D eigenvalue weighted by molar-refractivity contribution is 7.08. The molecule has 2 aromatic rings. The molecule has 3 rings (SSSR count). The number of pyridine rings is 1. The lowest BCUT2D eigenvalue weighted by atomic mass is 10.0. The number of carbonyl (C=O) groups excluding carboxylic acids is 2. The molecule has 6 heteroatoms. The Hall–Kier alpha value is -2.47. The van der Waals surface area contributed by atoms with Crippen LogP contribution in [0.15, 0.2) is 47.4 Å². The second-order valence-corrected chi connectivity index (χ2v) is 6.48. The van der Waals surface area contributed by atoms with Crippen molar-refractivity contribution in [2.75, 3.05) is 13.1 Å². The molecule has 1 N–H and O–H groups in total. The Balaban J connectivity index is 1.47. The maximum Gasteiger partial charge on any atom is 0.252 e. The van der Waals surface area contributed by atoms with Gasteiger partial charge in [-0.1, -0.05) is 0 Å². The summed E-state index contributed by atoms with van der Waals surface area (Å²) in [5, 5.41) is 6.78. The van der Waals surface area contributed by atoms with Gasteiger partial charge >= 0.3 is 0 Å². The van der Waals surface area contributed by atoms with Crippen molar-refractivity contribution in [3.05, 3.63) is 58.6 Å². The Kier molecular flexibility index (Phi) is 5.38. The minimum absolute atomic E-state index is 0.00873. The molecule has 0 aromatic carbocycles. The maximum atomic E-state index is 12.2. The fourth-order valence-electron chi connectivity index (χ4n) is 2.65. The second-order valence-electron chi connectivity index (χ2n) is 5.70. The highest BCUT2D eigenvalue weighted by atomic mass is 32.1. The summed E-state index contributed by atoms with van der Waals surface area (Å²) in [6, 6.07) is 5.67. The lowest BCUT2D eigenvalue weighted by molar-refractivity contribution is -0.126. The Morgan fingerprint density at radius 3 is 2.62 bits per heavy atom. The summed E-state index contributed by atoms with van der Waals surface area (Å²) in [5.74, 6) is -0.0203. The van der Waals surface area contributed by atoms with Gasteiger partial charge in [-0.15, -0.1) is 0 Å². The third-order valence-electron chi connectivity index (χ3n) is 4.05. The average molecular weight is 341 g/mol. The fraction of sp³-hybridized carbons (Fsp3) is 0.278. The molecule has 0 bridgehead atoms. The van der Waals surface area contributed by atoms with Crippen LogP contribution in [0, 0.1) is 0 Å². The summed E-state index contributed by atoms with van der Waals surface area (Å²) in [5.41, 5.74) is 1.66. The van der Waals surface area contributed by atoms with Crippen molar-refractivity contribution in [3.63, 3.8) is 0 Å². The van der Waals surface area contributed by atoms with Gasteiger partial charge in [-0.2, -0.15) is 11.3 Å². The molecule has 1 aliphatic heterocycles. The van der Waals surface area contributed by atoms with Crippen molar-refractivity contribution < 1.29 is 9.59 Å². The first-order valence-electron chi connectivity index (χ1n) is 7.92. The number of likely N-dealkylation sites (tertiary alicyclic amines) is 1. The third-order valence-corrected chi connectivity index (χ3v) is 4.73. The largest absolute Gasteiger partial charge is 0.349 e. The van der Waals surface area contributed by atoms with Crippen LogP contribution < -0.4 is 5.32 Å². The first-order valence-corrected chi connectivity index (χ1v) is 8.87. The number of carbonyl (C=O) groups is 2. The van der Waals surface area contributed by atoms with E-state index in [0.29, 0.717) is 18.7 Å². The van der Waals surface area contributed by atoms with Crippen LogP contribution >= 0.6 is 11.3 Å². The van der Waals surface area contributed by atoms with Crippen LogP contribution in [-0.4, -0.2) is 40.8 Å². The predicted molar refractivity (Wildman–Crippen MR) is 94.7 cm³/mol. The van der Waals surface area contributed by atoms with Crippen LogP contribution in [0.2, 0.25) is 0 Å². The van der Waals surface area contributed by atoms with Gasteiger partial charge in [0.2, 0.25) is 5.91 Å². The molecule has 2 amide bonds. The second kappa shape index (κ2) is 7.88. The Morgan fingerprint density at radius 2 is 1.96 bits per heavy atom. The minimum atomic E-state index is -0.0291. The van der Waals surface area contributed by atoms with Gasteiger partial charge < -0.3 is 10.2 Å². The summed E-state index contributed by atoms with van der Waals surface area (Å²) in [7, 11) is 0. The van der Waals surface area contributed by atoms with Crippen LogP contribution in [0.4, 0.5) is 0 Å². The molecule has 0 aliphatic carbocycles. The monoisotopic (exact) mass is 341 g/mol. The SMILES string of the molecule is O=C(NC1CCN(C(=O)C=Cc2ccncc2)CC1)c1ccsc1. The average Bonchev–Trinajstić information content (AvgIpc) is 3.16. The Labute approximate surface area is 145 Å². The molecular weight excluding hydrogens is 322 g/mol. The lowest BCUT2D eigenvalue weighted by Crippen LogP contribution is -2.46. The van der Waals surface area contributed by atoms with Crippen molar-refractivity contribution in [1.82, 2.24) is 15.2 Å². The van der Waals surface area contributed by atoms with Gasteiger partial charge in [-0.25, -0.2) is 0 Å². The van der Waals surface area contributed by atoms with E-state index in [0.717, 1.165) is 18.4 Å². The molecule has 1 fully saturated rings. The molecule has 0 atom stereocenters. The van der Waals surface area contributed by atoms with Gasteiger partial charge in [-0.05, 0) is 48.1 Å². The normalized spacial score (nSPS) is 15.6. The van der Waals surface area contributed by atoms with Crippen LogP contribution in [0.1, 0.15) is 28.8 Å². The Bertz CT molecular complexity index is 705. The molecule has 24 heavy (non-hydrogen) atoms. The number of nitrogens with one attached hydrogen (secondary N) is 1. The number of rotatable bonds is 4. The molecule has 0 unspecified atom stereocenters. The molecule has 3 heterocycles. The van der Waals surface area contributed by atoms with Crippen LogP contribution in [0.3, 0.4) is 0 Å². The van der Waals surface area contributed by atoms with Gasteiger partial charge in [0.25, 0.3) is 5.91 Å². The number of aromatic nitrogens is 1. The van der Waals surface area contributed by atoms with E-state index in [2.05, 4.69) is 10.3 Å². The number of nitrogens with zero attached hydrogens (tertiary/aromatic N) is 2. The molecule has 124 valence electrons. The number of hydrogen-bond donors (Lipinski definition) is 1. The first kappa shape index (κ1) is 16.4. The molecule has 1 aliphatic rings. The Morgan fingerprint density at radius 1 is 1.21 bits per heavy atom. The summed E-state index contributed by atoms with van der Waals surface area (Å²) in [4.78, 5) is 30.0. The van der Waals surface area contributed by atoms with Crippen molar-refractivity contribution in [3.8, 4) is 0 Å². The van der Waals surface area contributed by atoms with E-state index >= 15 is 0 Å². The predicted octanol–water partition coefficient (Wildman–Crippen LogP) is 2.58. The fourth-order valence-corrected chi connectivity index (χ4v) is 3.29. The van der Waals surface area contributed by atoms with E-state index in [4.69, 9.17) is 0 Å². The number of piperidine rings is 1. The summed E-state index contributed by atoms with van der Waals surface area (Å²) >= 11 is 1.51. The van der Waals surface area contributed by atoms with Gasteiger partial charge in [0.05, 0.1) is 0 Å². The van der Waals surface area contributed by atoms with Gasteiger partial charge in [-0.3, -0.25) is 14.6 Å². The van der Waals surface area contributed by atoms with Crippen molar-refractivity contribution in [1.29, 1.82) is 0 Å². The molecule has 0 saturated carbocycles. The molecular formula is C18H19N3O2S. The summed E-state index contributed by atoms with van der Waals surface area (Å²) in [6.45, 7) is 1.32. The summed E-state index contributed by atoms with van der Waals surface area (Å²) < 4.78 is 0. The standard InChI is InChI=1S/C18H19N3O2S/c22-17(2-1-14-3-8-19-9-4-14)21-10-5-16(6-11-21)20-18(23)15-7-12-24-13-15/h1-4,7-9,12-13,16H,5-6,10-11H2,(H,20,23). The van der Waals surface area contributed by atoms with E-state index in [1.807, 2.05) is 33.9 Å². The van der Waals surface area contributed by atoms with Crippen molar-refractivity contribution in [2.24, 2.45) is 0 Å². The van der Waals surface area contributed by atoms with Gasteiger partial charge in [0.1, 0.15) is 0 Å². The van der Waals surface area contributed by atoms with Crippen LogP contribution in [0.25, 0.3) is 6.08 Å². The van der Waals surface area contributed by atoms with Gasteiger partial charge in [0.15, 0.2) is 0 Å². The van der Waals surface area contributed by atoms with Crippen LogP contribution in [-0.2, 0) is 4.79 Å². The number of thiophene rings is 1. The first-order chi connectivity index (χ1) is 11.7. The highest BCUT2D eigenvalue weighted by Gasteiger charge is 2.23. The minimum Gasteiger partial charge on any atom is -0.349 e. The molecule has 0 spiro atoms. The lowest BCUT2D eigenvalue weighted by Gasteiger charge is -2.31. The quantitative estimate of drug-likeness (QED) is 0.870.